The molecule has 0 aromatic carbocycles. The first-order chi connectivity index (χ1) is 6.20. The molecule has 0 bridgehead atoms. The first-order valence-corrected chi connectivity index (χ1v) is 4.31. The Morgan fingerprint density at radius 2 is 2.15 bits per heavy atom. The van der Waals surface area contributed by atoms with Gasteiger partial charge in [-0.3, -0.25) is 4.98 Å². The first kappa shape index (κ1) is 8.04. The van der Waals surface area contributed by atoms with Gasteiger partial charge in [-0.05, 0) is 13.3 Å². The summed E-state index contributed by atoms with van der Waals surface area (Å²) in [6.45, 7) is 4.03. The van der Waals surface area contributed by atoms with Crippen LogP contribution in [0.4, 0.5) is 5.82 Å². The van der Waals surface area contributed by atoms with Crippen LogP contribution in [-0.4, -0.2) is 14.4 Å². The maximum absolute atomic E-state index is 5.60. The largest absolute Gasteiger partial charge is 0.382 e. The Kier molecular flexibility index (Phi) is 1.69. The number of rotatable bonds is 1. The predicted octanol–water partition coefficient (Wildman–Crippen LogP) is 1.18. The van der Waals surface area contributed by atoms with Gasteiger partial charge in [-0.15, -0.1) is 0 Å². The van der Waals surface area contributed by atoms with Crippen LogP contribution in [0.3, 0.4) is 0 Å². The van der Waals surface area contributed by atoms with Gasteiger partial charge in [0.2, 0.25) is 0 Å². The zero-order chi connectivity index (χ0) is 9.42. The van der Waals surface area contributed by atoms with Crippen LogP contribution in [0.2, 0.25) is 0 Å². The highest BCUT2D eigenvalue weighted by Crippen LogP contribution is 2.11. The van der Waals surface area contributed by atoms with Crippen molar-refractivity contribution >= 4 is 11.5 Å². The monoisotopic (exact) mass is 176 g/mol. The molecule has 2 rings (SSSR count). The number of imidazole rings is 1. The molecule has 2 heterocycles. The van der Waals surface area contributed by atoms with Crippen molar-refractivity contribution in [2.75, 3.05) is 5.73 Å². The fourth-order valence-electron chi connectivity index (χ4n) is 1.45. The summed E-state index contributed by atoms with van der Waals surface area (Å²) >= 11 is 0. The molecule has 0 spiro atoms. The number of aromatic nitrogens is 3. The highest BCUT2D eigenvalue weighted by atomic mass is 15.1. The van der Waals surface area contributed by atoms with Crippen LogP contribution >= 0.6 is 0 Å². The Bertz CT molecular complexity index is 444. The minimum Gasteiger partial charge on any atom is -0.382 e. The second kappa shape index (κ2) is 2.73. The summed E-state index contributed by atoms with van der Waals surface area (Å²) in [6, 6.07) is 0. The average molecular weight is 176 g/mol. The molecule has 4 nitrogen and oxygen atoms in total. The van der Waals surface area contributed by atoms with Gasteiger partial charge in [-0.25, -0.2) is 4.98 Å². The maximum Gasteiger partial charge on any atom is 0.161 e. The summed E-state index contributed by atoms with van der Waals surface area (Å²) in [7, 11) is 0. The van der Waals surface area contributed by atoms with Crippen molar-refractivity contribution in [1.29, 1.82) is 0 Å². The first-order valence-electron chi connectivity index (χ1n) is 4.31. The normalized spacial score (nSPS) is 10.9. The lowest BCUT2D eigenvalue weighted by atomic mass is 10.3. The standard InChI is InChI=1S/C9H12N4/c1-3-7-9-12-8(10)5-13(9)4-6(2)11-7/h4-5H,3,10H2,1-2H3. The molecule has 2 aromatic rings. The molecule has 0 atom stereocenters. The Morgan fingerprint density at radius 3 is 2.85 bits per heavy atom. The summed E-state index contributed by atoms with van der Waals surface area (Å²) in [5, 5.41) is 0. The minimum absolute atomic E-state index is 0.544. The second-order valence-electron chi connectivity index (χ2n) is 3.08. The van der Waals surface area contributed by atoms with E-state index in [0.29, 0.717) is 5.82 Å². The Morgan fingerprint density at radius 1 is 1.38 bits per heavy atom. The number of nitrogens with two attached hydrogens (primary N) is 1. The van der Waals surface area contributed by atoms with Gasteiger partial charge >= 0.3 is 0 Å². The molecule has 13 heavy (non-hydrogen) atoms. The molecule has 0 saturated carbocycles. The number of fused-ring (bicyclic) bond motifs is 1. The van der Waals surface area contributed by atoms with Gasteiger partial charge < -0.3 is 10.1 Å². The van der Waals surface area contributed by atoms with Gasteiger partial charge in [0.25, 0.3) is 0 Å². The van der Waals surface area contributed by atoms with E-state index in [-0.39, 0.29) is 0 Å². The predicted molar refractivity (Wildman–Crippen MR) is 51.5 cm³/mol. The summed E-state index contributed by atoms with van der Waals surface area (Å²) < 4.78 is 1.93. The summed E-state index contributed by atoms with van der Waals surface area (Å²) in [6.07, 6.45) is 4.61. The Labute approximate surface area is 76.4 Å². The SMILES string of the molecule is CCc1nc(C)cn2cc(N)nc12. The van der Waals surface area contributed by atoms with Gasteiger partial charge in [0.1, 0.15) is 5.82 Å². The molecule has 0 amide bonds. The minimum atomic E-state index is 0.544. The molecule has 4 heteroatoms. The van der Waals surface area contributed by atoms with E-state index in [9.17, 15) is 0 Å². The summed E-state index contributed by atoms with van der Waals surface area (Å²) in [5.74, 6) is 0.544. The van der Waals surface area contributed by atoms with E-state index in [4.69, 9.17) is 5.73 Å². The zero-order valence-electron chi connectivity index (χ0n) is 7.78. The molecule has 0 saturated heterocycles. The number of hydrogen-bond donors (Lipinski definition) is 1. The smallest absolute Gasteiger partial charge is 0.161 e. The van der Waals surface area contributed by atoms with Crippen LogP contribution in [0.15, 0.2) is 12.4 Å². The van der Waals surface area contributed by atoms with Crippen LogP contribution < -0.4 is 5.73 Å². The number of hydrogen-bond acceptors (Lipinski definition) is 3. The van der Waals surface area contributed by atoms with E-state index in [1.807, 2.05) is 23.7 Å². The third-order valence-corrected chi connectivity index (χ3v) is 1.98. The third-order valence-electron chi connectivity index (χ3n) is 1.98. The van der Waals surface area contributed by atoms with Crippen LogP contribution in [-0.2, 0) is 6.42 Å². The molecule has 0 aliphatic carbocycles. The average Bonchev–Trinajstić information content (AvgIpc) is 2.43. The zero-order valence-corrected chi connectivity index (χ0v) is 7.78. The molecule has 0 unspecified atom stereocenters. The lowest BCUT2D eigenvalue weighted by Crippen LogP contribution is -1.97. The van der Waals surface area contributed by atoms with Crippen molar-refractivity contribution in [3.05, 3.63) is 23.8 Å². The Balaban J connectivity index is 2.80. The molecular weight excluding hydrogens is 164 g/mol. The highest BCUT2D eigenvalue weighted by molar-refractivity contribution is 5.50. The number of nitrogen functional groups attached to an aromatic ring is 1. The van der Waals surface area contributed by atoms with Gasteiger partial charge in [0.05, 0.1) is 17.6 Å². The molecular formula is C9H12N4. The van der Waals surface area contributed by atoms with E-state index in [2.05, 4.69) is 16.9 Å². The quantitative estimate of drug-likeness (QED) is 0.709. The molecule has 68 valence electrons. The van der Waals surface area contributed by atoms with Gasteiger partial charge in [-0.2, -0.15) is 0 Å². The Hall–Kier alpha value is -1.58. The number of aryl methyl sites for hydroxylation is 2. The topological polar surface area (TPSA) is 56.2 Å². The molecule has 0 aliphatic heterocycles. The van der Waals surface area contributed by atoms with Crippen LogP contribution in [0.5, 0.6) is 0 Å². The molecule has 2 N–H and O–H groups in total. The summed E-state index contributed by atoms with van der Waals surface area (Å²) in [4.78, 5) is 8.60. The maximum atomic E-state index is 5.60. The number of anilines is 1. The molecule has 0 radical (unpaired) electrons. The van der Waals surface area contributed by atoms with E-state index >= 15 is 0 Å². The van der Waals surface area contributed by atoms with E-state index in [1.54, 1.807) is 0 Å². The van der Waals surface area contributed by atoms with Gasteiger partial charge in [0.15, 0.2) is 5.65 Å². The number of nitrogens with zero attached hydrogens (tertiary/aromatic N) is 3. The van der Waals surface area contributed by atoms with Crippen molar-refractivity contribution in [1.82, 2.24) is 14.4 Å². The fraction of sp³-hybridized carbons (Fsp3) is 0.333. The van der Waals surface area contributed by atoms with Crippen molar-refractivity contribution in [3.8, 4) is 0 Å². The van der Waals surface area contributed by atoms with Crippen LogP contribution in [0.1, 0.15) is 18.3 Å². The van der Waals surface area contributed by atoms with Gasteiger partial charge in [-0.1, -0.05) is 6.92 Å². The fourth-order valence-corrected chi connectivity index (χ4v) is 1.45. The van der Waals surface area contributed by atoms with Crippen LogP contribution in [0, 0.1) is 6.92 Å². The summed E-state index contributed by atoms with van der Waals surface area (Å²) in [5.41, 5.74) is 8.46. The lowest BCUT2D eigenvalue weighted by molar-refractivity contribution is 0.961. The van der Waals surface area contributed by atoms with E-state index < -0.39 is 0 Å². The van der Waals surface area contributed by atoms with Crippen molar-refractivity contribution in [2.24, 2.45) is 0 Å². The third kappa shape index (κ3) is 1.24. The van der Waals surface area contributed by atoms with Crippen LogP contribution in [0.25, 0.3) is 5.65 Å². The van der Waals surface area contributed by atoms with E-state index in [0.717, 1.165) is 23.5 Å². The van der Waals surface area contributed by atoms with Crippen molar-refractivity contribution in [3.63, 3.8) is 0 Å². The second-order valence-corrected chi connectivity index (χ2v) is 3.08. The molecule has 2 aromatic heterocycles. The van der Waals surface area contributed by atoms with Gasteiger partial charge in [0, 0.05) is 6.20 Å². The van der Waals surface area contributed by atoms with Crippen molar-refractivity contribution < 1.29 is 0 Å². The molecule has 0 fully saturated rings. The van der Waals surface area contributed by atoms with E-state index in [1.165, 1.54) is 0 Å². The van der Waals surface area contributed by atoms with Crippen molar-refractivity contribution in [2.45, 2.75) is 20.3 Å². The highest BCUT2D eigenvalue weighted by Gasteiger charge is 2.05. The lowest BCUT2D eigenvalue weighted by Gasteiger charge is -2.00. The molecule has 0 aliphatic rings.